The number of fused-ring (bicyclic) bond motifs is 5. The average Bonchev–Trinajstić information content (AvgIpc) is 2.89. The highest BCUT2D eigenvalue weighted by Crippen LogP contribution is 2.60. The van der Waals surface area contributed by atoms with Gasteiger partial charge in [0.25, 0.3) is 0 Å². The van der Waals surface area contributed by atoms with E-state index in [1.165, 1.54) is 43.2 Å². The summed E-state index contributed by atoms with van der Waals surface area (Å²) < 4.78 is 5.91. The van der Waals surface area contributed by atoms with Crippen LogP contribution in [0.5, 0.6) is 5.75 Å². The van der Waals surface area contributed by atoms with E-state index >= 15 is 0 Å². The van der Waals surface area contributed by atoms with Crippen molar-refractivity contribution >= 4 is 0 Å². The molecule has 4 rings (SSSR count). The minimum atomic E-state index is -0.0781. The lowest BCUT2D eigenvalue weighted by Crippen LogP contribution is -2.43. The summed E-state index contributed by atoms with van der Waals surface area (Å²) in [4.78, 5) is 0. The van der Waals surface area contributed by atoms with Crippen molar-refractivity contribution in [3.63, 3.8) is 0 Å². The third-order valence-electron chi connectivity index (χ3n) is 7.39. The molecule has 2 heteroatoms. The predicted molar refractivity (Wildman–Crippen MR) is 102 cm³/mol. The van der Waals surface area contributed by atoms with Crippen molar-refractivity contribution in [1.82, 2.24) is 0 Å². The van der Waals surface area contributed by atoms with Gasteiger partial charge in [0, 0.05) is 0 Å². The van der Waals surface area contributed by atoms with Crippen LogP contribution in [0.2, 0.25) is 0 Å². The van der Waals surface area contributed by atoms with Crippen molar-refractivity contribution in [3.8, 4) is 5.75 Å². The molecular formula is C23H32O2. The van der Waals surface area contributed by atoms with Crippen molar-refractivity contribution in [2.45, 2.75) is 71.3 Å². The number of hydrogen-bond donors (Lipinski definition) is 1. The van der Waals surface area contributed by atoms with Gasteiger partial charge in [-0.2, -0.15) is 0 Å². The topological polar surface area (TPSA) is 29.5 Å². The zero-order valence-corrected chi connectivity index (χ0v) is 15.9. The molecule has 0 radical (unpaired) electrons. The molecule has 5 atom stereocenters. The van der Waals surface area contributed by atoms with E-state index in [0.717, 1.165) is 18.1 Å². The highest BCUT2D eigenvalue weighted by Gasteiger charge is 2.54. The monoisotopic (exact) mass is 340 g/mol. The summed E-state index contributed by atoms with van der Waals surface area (Å²) >= 11 is 0. The maximum Gasteiger partial charge on any atom is 0.120 e. The van der Waals surface area contributed by atoms with Gasteiger partial charge in [-0.15, -0.1) is 0 Å². The maximum atomic E-state index is 10.5. The first-order valence-corrected chi connectivity index (χ1v) is 10.1. The molecule has 1 N–H and O–H groups in total. The van der Waals surface area contributed by atoms with Crippen molar-refractivity contribution in [2.24, 2.45) is 17.3 Å². The highest BCUT2D eigenvalue weighted by molar-refractivity contribution is 5.40. The van der Waals surface area contributed by atoms with Crippen molar-refractivity contribution in [2.75, 3.05) is 6.61 Å². The Kier molecular flexibility index (Phi) is 4.43. The largest absolute Gasteiger partial charge is 0.490 e. The second-order valence-corrected chi connectivity index (χ2v) is 9.01. The predicted octanol–water partition coefficient (Wildman–Crippen LogP) is 5.25. The van der Waals surface area contributed by atoms with E-state index in [0.29, 0.717) is 18.4 Å². The summed E-state index contributed by atoms with van der Waals surface area (Å²) in [7, 11) is 0. The Morgan fingerprint density at radius 3 is 2.88 bits per heavy atom. The first-order chi connectivity index (χ1) is 12.0. The molecule has 0 unspecified atom stereocenters. The quantitative estimate of drug-likeness (QED) is 0.762. The van der Waals surface area contributed by atoms with E-state index in [9.17, 15) is 5.11 Å². The molecule has 0 amide bonds. The molecule has 3 aliphatic rings. The molecule has 1 aromatic rings. The number of aliphatic hydroxyl groups is 1. The van der Waals surface area contributed by atoms with E-state index in [2.05, 4.69) is 45.0 Å². The minimum Gasteiger partial charge on any atom is -0.490 e. The third-order valence-corrected chi connectivity index (χ3v) is 7.39. The van der Waals surface area contributed by atoms with Crippen LogP contribution in [0, 0.1) is 17.3 Å². The number of ether oxygens (including phenoxy) is 1. The van der Waals surface area contributed by atoms with Crippen LogP contribution in [0.4, 0.5) is 0 Å². The Bertz CT molecular complexity index is 673. The van der Waals surface area contributed by atoms with Crippen LogP contribution in [0.1, 0.15) is 69.9 Å². The Labute approximate surface area is 152 Å². The maximum absolute atomic E-state index is 10.5. The van der Waals surface area contributed by atoms with Gasteiger partial charge < -0.3 is 9.84 Å². The van der Waals surface area contributed by atoms with Crippen molar-refractivity contribution in [3.05, 3.63) is 41.0 Å². The van der Waals surface area contributed by atoms with Gasteiger partial charge in [-0.05, 0) is 105 Å². The van der Waals surface area contributed by atoms with Crippen LogP contribution in [0.15, 0.2) is 29.8 Å². The molecule has 2 saturated carbocycles. The van der Waals surface area contributed by atoms with Crippen molar-refractivity contribution < 1.29 is 9.84 Å². The molecule has 136 valence electrons. The summed E-state index contributed by atoms with van der Waals surface area (Å²) in [6, 6.07) is 6.77. The number of rotatable bonds is 3. The van der Waals surface area contributed by atoms with Gasteiger partial charge >= 0.3 is 0 Å². The third kappa shape index (κ3) is 2.93. The second kappa shape index (κ2) is 6.46. The molecule has 25 heavy (non-hydrogen) atoms. The fraction of sp³-hybridized carbons (Fsp3) is 0.652. The highest BCUT2D eigenvalue weighted by atomic mass is 16.5. The molecule has 0 bridgehead atoms. The lowest BCUT2D eigenvalue weighted by Gasteiger charge is -2.50. The van der Waals surface area contributed by atoms with Gasteiger partial charge in [0.1, 0.15) is 12.4 Å². The molecule has 0 saturated heterocycles. The molecule has 0 spiro atoms. The van der Waals surface area contributed by atoms with Gasteiger partial charge in [0.05, 0.1) is 6.10 Å². The fourth-order valence-corrected chi connectivity index (χ4v) is 5.93. The second-order valence-electron chi connectivity index (χ2n) is 9.01. The summed E-state index contributed by atoms with van der Waals surface area (Å²) in [6.07, 6.45) is 9.14. The van der Waals surface area contributed by atoms with E-state index < -0.39 is 0 Å². The number of allylic oxidation sites excluding steroid dienone is 1. The number of aliphatic hydroxyl groups excluding tert-OH is 1. The molecule has 0 aromatic heterocycles. The number of aryl methyl sites for hydroxylation is 1. The summed E-state index contributed by atoms with van der Waals surface area (Å²) in [5.74, 6) is 3.18. The minimum absolute atomic E-state index is 0.0781. The first kappa shape index (κ1) is 17.1. The van der Waals surface area contributed by atoms with Gasteiger partial charge in [-0.25, -0.2) is 0 Å². The molecule has 2 fully saturated rings. The summed E-state index contributed by atoms with van der Waals surface area (Å²) in [5.41, 5.74) is 4.53. The Hall–Kier alpha value is -1.28. The van der Waals surface area contributed by atoms with Crippen LogP contribution in [0.3, 0.4) is 0 Å². The van der Waals surface area contributed by atoms with Crippen LogP contribution in [-0.4, -0.2) is 17.8 Å². The number of benzene rings is 1. The first-order valence-electron chi connectivity index (χ1n) is 10.1. The number of hydrogen-bond acceptors (Lipinski definition) is 2. The van der Waals surface area contributed by atoms with Gasteiger partial charge in [0.15, 0.2) is 0 Å². The molecule has 0 heterocycles. The molecule has 2 nitrogen and oxygen atoms in total. The fourth-order valence-electron chi connectivity index (χ4n) is 5.93. The molecule has 1 aromatic carbocycles. The van der Waals surface area contributed by atoms with Crippen LogP contribution >= 0.6 is 0 Å². The van der Waals surface area contributed by atoms with E-state index in [1.54, 1.807) is 5.56 Å². The van der Waals surface area contributed by atoms with Crippen molar-refractivity contribution in [1.29, 1.82) is 0 Å². The van der Waals surface area contributed by atoms with Gasteiger partial charge in [-0.1, -0.05) is 18.6 Å². The molecular weight excluding hydrogens is 308 g/mol. The Morgan fingerprint density at radius 1 is 1.24 bits per heavy atom. The Morgan fingerprint density at radius 2 is 2.08 bits per heavy atom. The lowest BCUT2D eigenvalue weighted by atomic mass is 9.55. The van der Waals surface area contributed by atoms with Gasteiger partial charge in [0.2, 0.25) is 0 Å². The SMILES string of the molecule is CC(C)=CCOc1ccc2c(c1)CC[C@@H]1[C@@H]2CC[C@]2(C)[C@@H](O)CC[C@@H]12. The van der Waals surface area contributed by atoms with Crippen LogP contribution < -0.4 is 4.74 Å². The smallest absolute Gasteiger partial charge is 0.120 e. The molecule has 0 aliphatic heterocycles. The zero-order valence-electron chi connectivity index (χ0n) is 15.9. The lowest BCUT2D eigenvalue weighted by molar-refractivity contribution is -0.0226. The zero-order chi connectivity index (χ0) is 17.6. The van der Waals surface area contributed by atoms with Gasteiger partial charge in [-0.3, -0.25) is 0 Å². The standard InChI is InChI=1S/C23H32O2/c1-15(2)11-13-25-17-5-7-18-16(14-17)4-6-20-19(18)10-12-23(3)21(20)8-9-22(23)24/h5,7,11,14,19-22,24H,4,6,8-10,12-13H2,1-3H3/t19-,20-,21+,22+,23+/m1/s1. The normalized spacial score (nSPS) is 36.2. The summed E-state index contributed by atoms with van der Waals surface area (Å²) in [6.45, 7) is 7.22. The molecule has 3 aliphatic carbocycles. The van der Waals surface area contributed by atoms with E-state index in [-0.39, 0.29) is 11.5 Å². The average molecular weight is 341 g/mol. The Balaban J connectivity index is 1.54. The summed E-state index contributed by atoms with van der Waals surface area (Å²) in [5, 5.41) is 10.5. The van der Waals surface area contributed by atoms with Crippen LogP contribution in [0.25, 0.3) is 0 Å². The van der Waals surface area contributed by atoms with E-state index in [4.69, 9.17) is 4.74 Å². The van der Waals surface area contributed by atoms with Crippen LogP contribution in [-0.2, 0) is 6.42 Å². The van der Waals surface area contributed by atoms with E-state index in [1.807, 2.05) is 0 Å².